The first-order chi connectivity index (χ1) is 3.06. The van der Waals surface area contributed by atoms with Crippen LogP contribution in [0.1, 0.15) is 0 Å². The Bertz CT molecular complexity index is 123. The van der Waals surface area contributed by atoms with Gasteiger partial charge in [0.25, 0.3) is 0 Å². The van der Waals surface area contributed by atoms with Crippen molar-refractivity contribution < 1.29 is 16.6 Å². The lowest BCUT2D eigenvalue weighted by Crippen LogP contribution is -1.94. The highest BCUT2D eigenvalue weighted by Gasteiger charge is 2.00. The van der Waals surface area contributed by atoms with Crippen LogP contribution in [-0.2, 0) is 14.0 Å². The fourth-order valence-corrected chi connectivity index (χ4v) is 1.96. The van der Waals surface area contributed by atoms with Crippen molar-refractivity contribution in [1.82, 2.24) is 0 Å². The van der Waals surface area contributed by atoms with Gasteiger partial charge in [0.15, 0.2) is 0 Å². The Balaban J connectivity index is 3.60. The van der Waals surface area contributed by atoms with Gasteiger partial charge in [0, 0.05) is 21.2 Å². The van der Waals surface area contributed by atoms with Crippen molar-refractivity contribution in [3.05, 3.63) is 0 Å². The second kappa shape index (κ2) is 3.07. The van der Waals surface area contributed by atoms with E-state index < -0.39 is 10.4 Å². The van der Waals surface area contributed by atoms with Gasteiger partial charge in [0.05, 0.1) is 9.21 Å². The van der Waals surface area contributed by atoms with E-state index in [-0.39, 0.29) is 0 Å². The molecule has 7 heavy (non-hydrogen) atoms. The smallest absolute Gasteiger partial charge is 0.263 e. The van der Waals surface area contributed by atoms with Crippen LogP contribution in [0.4, 0.5) is 0 Å². The predicted molar refractivity (Wildman–Crippen MR) is 34.2 cm³/mol. The van der Waals surface area contributed by atoms with E-state index in [0.717, 1.165) is 0 Å². The molecule has 0 radical (unpaired) electrons. The normalized spacial score (nSPS) is 11.7. The summed E-state index contributed by atoms with van der Waals surface area (Å²) in [5.41, 5.74) is 0. The van der Waals surface area contributed by atoms with Crippen molar-refractivity contribution in [1.29, 1.82) is 0 Å². The number of hydrogen-bond acceptors (Lipinski definition) is 4. The van der Waals surface area contributed by atoms with Gasteiger partial charge in [-0.2, -0.15) is 12.0 Å². The summed E-state index contributed by atoms with van der Waals surface area (Å²) in [5, 5.41) is 0. The van der Waals surface area contributed by atoms with Gasteiger partial charge in [-0.25, -0.2) is 0 Å². The lowest BCUT2D eigenvalue weighted by Gasteiger charge is -1.85. The van der Waals surface area contributed by atoms with E-state index in [1.807, 2.05) is 0 Å². The fraction of sp³-hybridized carbons (Fsp3) is 0. The Morgan fingerprint density at radius 1 is 1.71 bits per heavy atom. The summed E-state index contributed by atoms with van der Waals surface area (Å²) in [5.74, 6) is 0. The lowest BCUT2D eigenvalue weighted by molar-refractivity contribution is 0.410. The van der Waals surface area contributed by atoms with Crippen molar-refractivity contribution in [2.45, 2.75) is 0 Å². The first kappa shape index (κ1) is 7.95. The summed E-state index contributed by atoms with van der Waals surface area (Å²) in [7, 11) is -3.68. The van der Waals surface area contributed by atoms with Gasteiger partial charge in [-0.1, -0.05) is 0 Å². The highest BCUT2D eigenvalue weighted by atomic mass is 127. The Morgan fingerprint density at radius 2 is 2.14 bits per heavy atom. The summed E-state index contributed by atoms with van der Waals surface area (Å²) in [6.45, 7) is 0. The summed E-state index contributed by atoms with van der Waals surface area (Å²) in [6.07, 6.45) is 0. The van der Waals surface area contributed by atoms with Gasteiger partial charge >= 0.3 is 10.4 Å². The third-order valence-electron chi connectivity index (χ3n) is 0.112. The molecule has 0 aromatic carbocycles. The van der Waals surface area contributed by atoms with E-state index in [1.165, 1.54) is 0 Å². The largest absolute Gasteiger partial charge is 0.409 e. The van der Waals surface area contributed by atoms with Gasteiger partial charge in [-0.05, 0) is 0 Å². The summed E-state index contributed by atoms with van der Waals surface area (Å²) in [6, 6.07) is 0. The average Bonchev–Trinajstić information content (AvgIpc) is 1.30. The zero-order valence-electron chi connectivity index (χ0n) is 2.87. The van der Waals surface area contributed by atoms with Gasteiger partial charge in [-0.3, -0.25) is 4.55 Å². The maximum absolute atomic E-state index is 9.54. The molecule has 0 fully saturated rings. The Labute approximate surface area is 57.4 Å². The first-order valence-electron chi connectivity index (χ1n) is 1.00. The molecule has 0 spiro atoms. The number of rotatable bonds is 2. The molecular weight excluding hydrogens is 255 g/mol. The molecular formula is HIO4S2. The maximum atomic E-state index is 9.54. The van der Waals surface area contributed by atoms with Crippen molar-refractivity contribution >= 4 is 40.8 Å². The Morgan fingerprint density at radius 3 is 2.14 bits per heavy atom. The fourth-order valence-electron chi connectivity index (χ4n) is 0.0325. The molecule has 4 nitrogen and oxygen atoms in total. The molecule has 0 heterocycles. The lowest BCUT2D eigenvalue weighted by atomic mass is 15.8. The first-order valence-corrected chi connectivity index (χ1v) is 5.65. The molecule has 0 atom stereocenters. The molecule has 0 aromatic rings. The zero-order chi connectivity index (χ0) is 5.91. The molecule has 0 saturated carbocycles. The Kier molecular flexibility index (Phi) is 3.49. The summed E-state index contributed by atoms with van der Waals surface area (Å²) in [4.78, 5) is 0. The van der Waals surface area contributed by atoms with Crippen molar-refractivity contribution in [3.63, 3.8) is 0 Å². The highest BCUT2D eigenvalue weighted by Crippen LogP contribution is 2.14. The summed E-state index contributed by atoms with van der Waals surface area (Å²) < 4.78 is 30.5. The van der Waals surface area contributed by atoms with Gasteiger partial charge in [-0.15, -0.1) is 0 Å². The molecule has 0 aliphatic rings. The van der Waals surface area contributed by atoms with Crippen molar-refractivity contribution in [3.8, 4) is 0 Å². The minimum absolute atomic E-state index is 0.541. The van der Waals surface area contributed by atoms with Crippen LogP contribution >= 0.6 is 30.4 Å². The van der Waals surface area contributed by atoms with Crippen LogP contribution in [0.3, 0.4) is 0 Å². The summed E-state index contributed by atoms with van der Waals surface area (Å²) >= 11 is 1.57. The van der Waals surface area contributed by atoms with Crippen LogP contribution in [-0.4, -0.2) is 13.0 Å². The monoisotopic (exact) mass is 256 g/mol. The SMILES string of the molecule is O=S(=O)(O)OSI. The number of halogens is 1. The van der Waals surface area contributed by atoms with Crippen LogP contribution in [0.15, 0.2) is 0 Å². The van der Waals surface area contributed by atoms with E-state index in [2.05, 4.69) is 3.63 Å². The van der Waals surface area contributed by atoms with Crippen molar-refractivity contribution in [2.75, 3.05) is 0 Å². The second-order valence-corrected chi connectivity index (χ2v) is 3.16. The third-order valence-corrected chi connectivity index (χ3v) is 2.33. The minimum Gasteiger partial charge on any atom is -0.263 e. The van der Waals surface area contributed by atoms with E-state index in [1.54, 1.807) is 21.2 Å². The second-order valence-electron chi connectivity index (χ2n) is 0.559. The molecule has 0 aliphatic heterocycles. The molecule has 0 bridgehead atoms. The topological polar surface area (TPSA) is 63.6 Å². The van der Waals surface area contributed by atoms with E-state index in [0.29, 0.717) is 9.21 Å². The molecule has 0 rings (SSSR count). The van der Waals surface area contributed by atoms with E-state index in [9.17, 15) is 8.42 Å². The molecule has 1 N–H and O–H groups in total. The molecule has 44 valence electrons. The highest BCUT2D eigenvalue weighted by molar-refractivity contribution is 14.2. The van der Waals surface area contributed by atoms with Crippen LogP contribution in [0.25, 0.3) is 0 Å². The van der Waals surface area contributed by atoms with Crippen LogP contribution in [0, 0.1) is 0 Å². The van der Waals surface area contributed by atoms with Crippen LogP contribution in [0.5, 0.6) is 0 Å². The van der Waals surface area contributed by atoms with Gasteiger partial charge in [0.2, 0.25) is 0 Å². The molecule has 0 aromatic heterocycles. The van der Waals surface area contributed by atoms with Crippen LogP contribution < -0.4 is 0 Å². The Hall–Kier alpha value is 0.950. The molecule has 0 amide bonds. The standard InChI is InChI=1S/HIO4S2/c1-6-5-7(2,3)4/h(H,2,3,4). The predicted octanol–water partition coefficient (Wildman–Crippen LogP) is 0.804. The third kappa shape index (κ3) is 6.95. The van der Waals surface area contributed by atoms with E-state index in [4.69, 9.17) is 4.55 Å². The van der Waals surface area contributed by atoms with Gasteiger partial charge < -0.3 is 0 Å². The van der Waals surface area contributed by atoms with Crippen LogP contribution in [0.2, 0.25) is 0 Å². The van der Waals surface area contributed by atoms with Gasteiger partial charge in [0.1, 0.15) is 0 Å². The van der Waals surface area contributed by atoms with E-state index >= 15 is 0 Å². The molecule has 0 unspecified atom stereocenters. The molecule has 0 aliphatic carbocycles. The molecule has 0 saturated heterocycles. The zero-order valence-corrected chi connectivity index (χ0v) is 6.66. The van der Waals surface area contributed by atoms with Crippen molar-refractivity contribution in [2.24, 2.45) is 0 Å². The minimum atomic E-state index is -4.22. The number of hydrogen-bond donors (Lipinski definition) is 1. The average molecular weight is 256 g/mol. The quantitative estimate of drug-likeness (QED) is 0.450. The molecule has 7 heteroatoms. The maximum Gasteiger partial charge on any atom is 0.409 e.